The Bertz CT molecular complexity index is 715. The first-order valence-corrected chi connectivity index (χ1v) is 10.5. The Morgan fingerprint density at radius 2 is 1.18 bits per heavy atom. The van der Waals surface area contributed by atoms with Crippen LogP contribution in [0, 0.1) is 0 Å². The standard InChI is InChI=1S/C22H32N4O2/c1-3-5-7-9-11-20(27)23-18-15-13-17-14-16-19(26-22(17)25-18)24-21(28)12-10-8-6-4-2/h13-16H,3-12H2,1-2H3,(H2,23,24,25,26,27,28). The molecule has 6 nitrogen and oxygen atoms in total. The van der Waals surface area contributed by atoms with Gasteiger partial charge in [-0.3, -0.25) is 9.59 Å². The first-order chi connectivity index (χ1) is 13.6. The predicted octanol–water partition coefficient (Wildman–Crippen LogP) is 5.45. The quantitative estimate of drug-likeness (QED) is 0.477. The Hall–Kier alpha value is -2.50. The van der Waals surface area contributed by atoms with Crippen molar-refractivity contribution < 1.29 is 9.59 Å². The molecule has 0 aromatic carbocycles. The number of carbonyl (C=O) groups excluding carboxylic acids is 2. The van der Waals surface area contributed by atoms with E-state index >= 15 is 0 Å². The summed E-state index contributed by atoms with van der Waals surface area (Å²) in [6.45, 7) is 4.30. The summed E-state index contributed by atoms with van der Waals surface area (Å²) in [5.41, 5.74) is 0.507. The third kappa shape index (κ3) is 7.62. The van der Waals surface area contributed by atoms with Gasteiger partial charge in [0, 0.05) is 18.2 Å². The van der Waals surface area contributed by atoms with Gasteiger partial charge in [0.2, 0.25) is 11.8 Å². The number of amides is 2. The molecule has 0 aliphatic heterocycles. The van der Waals surface area contributed by atoms with E-state index in [0.29, 0.717) is 30.1 Å². The normalized spacial score (nSPS) is 10.8. The number of hydrogen-bond donors (Lipinski definition) is 2. The van der Waals surface area contributed by atoms with Crippen LogP contribution < -0.4 is 10.6 Å². The summed E-state index contributed by atoms with van der Waals surface area (Å²) in [4.78, 5) is 32.9. The first-order valence-electron chi connectivity index (χ1n) is 10.5. The molecule has 0 bridgehead atoms. The molecular weight excluding hydrogens is 352 g/mol. The van der Waals surface area contributed by atoms with Gasteiger partial charge in [-0.2, -0.15) is 0 Å². The lowest BCUT2D eigenvalue weighted by Gasteiger charge is -2.08. The number of pyridine rings is 2. The van der Waals surface area contributed by atoms with Gasteiger partial charge in [0.05, 0.1) is 0 Å². The molecule has 2 rings (SSSR count). The van der Waals surface area contributed by atoms with Crippen molar-refractivity contribution in [3.05, 3.63) is 24.3 Å². The SMILES string of the molecule is CCCCCCC(=O)Nc1ccc2ccc(NC(=O)CCCCCC)nc2n1. The molecular formula is C22H32N4O2. The van der Waals surface area contributed by atoms with Gasteiger partial charge in [0.25, 0.3) is 0 Å². The van der Waals surface area contributed by atoms with Crippen molar-refractivity contribution in [3.63, 3.8) is 0 Å². The summed E-state index contributed by atoms with van der Waals surface area (Å²) >= 11 is 0. The number of nitrogens with one attached hydrogen (secondary N) is 2. The fourth-order valence-corrected chi connectivity index (χ4v) is 2.97. The molecule has 0 unspecified atom stereocenters. The molecule has 0 aliphatic rings. The number of nitrogens with zero attached hydrogens (tertiary/aromatic N) is 2. The molecule has 0 fully saturated rings. The van der Waals surface area contributed by atoms with Crippen molar-refractivity contribution in [3.8, 4) is 0 Å². The zero-order valence-electron chi connectivity index (χ0n) is 17.1. The summed E-state index contributed by atoms with van der Waals surface area (Å²) in [7, 11) is 0. The lowest BCUT2D eigenvalue weighted by Crippen LogP contribution is -2.13. The van der Waals surface area contributed by atoms with Crippen molar-refractivity contribution in [1.29, 1.82) is 0 Å². The second-order valence-corrected chi connectivity index (χ2v) is 7.16. The van der Waals surface area contributed by atoms with Crippen molar-refractivity contribution in [2.24, 2.45) is 0 Å². The lowest BCUT2D eigenvalue weighted by atomic mass is 10.1. The smallest absolute Gasteiger partial charge is 0.225 e. The minimum atomic E-state index is -0.0283. The van der Waals surface area contributed by atoms with E-state index in [4.69, 9.17) is 0 Å². The number of rotatable bonds is 12. The maximum absolute atomic E-state index is 12.0. The molecule has 0 atom stereocenters. The monoisotopic (exact) mass is 384 g/mol. The van der Waals surface area contributed by atoms with Crippen LogP contribution in [0.2, 0.25) is 0 Å². The highest BCUT2D eigenvalue weighted by molar-refractivity contribution is 5.92. The summed E-state index contributed by atoms with van der Waals surface area (Å²) in [5, 5.41) is 6.53. The van der Waals surface area contributed by atoms with Gasteiger partial charge in [-0.15, -0.1) is 0 Å². The average Bonchev–Trinajstić information content (AvgIpc) is 2.68. The highest BCUT2D eigenvalue weighted by Gasteiger charge is 2.07. The van der Waals surface area contributed by atoms with Crippen molar-refractivity contribution in [2.75, 3.05) is 10.6 Å². The maximum Gasteiger partial charge on any atom is 0.225 e. The van der Waals surface area contributed by atoms with Gasteiger partial charge < -0.3 is 10.6 Å². The molecule has 0 spiro atoms. The van der Waals surface area contributed by atoms with E-state index in [-0.39, 0.29) is 11.8 Å². The number of carbonyl (C=O) groups is 2. The van der Waals surface area contributed by atoms with Gasteiger partial charge >= 0.3 is 0 Å². The van der Waals surface area contributed by atoms with E-state index < -0.39 is 0 Å². The average molecular weight is 385 g/mol. The van der Waals surface area contributed by atoms with E-state index in [2.05, 4.69) is 34.4 Å². The van der Waals surface area contributed by atoms with Gasteiger partial charge in [-0.1, -0.05) is 52.4 Å². The second-order valence-electron chi connectivity index (χ2n) is 7.16. The fraction of sp³-hybridized carbons (Fsp3) is 0.545. The van der Waals surface area contributed by atoms with Crippen LogP contribution in [0.3, 0.4) is 0 Å². The molecule has 2 N–H and O–H groups in total. The van der Waals surface area contributed by atoms with Crippen molar-refractivity contribution in [1.82, 2.24) is 9.97 Å². The topological polar surface area (TPSA) is 84.0 Å². The minimum Gasteiger partial charge on any atom is -0.311 e. The molecule has 2 heterocycles. The van der Waals surface area contributed by atoms with Crippen LogP contribution in [0.25, 0.3) is 11.0 Å². The summed E-state index contributed by atoms with van der Waals surface area (Å²) in [6, 6.07) is 7.30. The number of anilines is 2. The molecule has 2 aromatic rings. The van der Waals surface area contributed by atoms with Crippen LogP contribution in [-0.4, -0.2) is 21.8 Å². The Labute approximate surface area is 167 Å². The van der Waals surface area contributed by atoms with Gasteiger partial charge in [0.1, 0.15) is 11.6 Å². The number of fused-ring (bicyclic) bond motifs is 1. The molecule has 2 amide bonds. The maximum atomic E-state index is 12.0. The van der Waals surface area contributed by atoms with Gasteiger partial charge in [-0.25, -0.2) is 9.97 Å². The van der Waals surface area contributed by atoms with Crippen LogP contribution in [-0.2, 0) is 9.59 Å². The third-order valence-corrected chi connectivity index (χ3v) is 4.60. The fourth-order valence-electron chi connectivity index (χ4n) is 2.97. The Morgan fingerprint density at radius 3 is 1.61 bits per heavy atom. The Kier molecular flexibility index (Phi) is 9.39. The molecule has 2 aromatic heterocycles. The molecule has 152 valence electrons. The lowest BCUT2D eigenvalue weighted by molar-refractivity contribution is -0.117. The number of hydrogen-bond acceptors (Lipinski definition) is 4. The molecule has 0 saturated heterocycles. The van der Waals surface area contributed by atoms with E-state index in [9.17, 15) is 9.59 Å². The molecule has 6 heteroatoms. The summed E-state index contributed by atoms with van der Waals surface area (Å²) < 4.78 is 0. The summed E-state index contributed by atoms with van der Waals surface area (Å²) in [5.74, 6) is 0.922. The van der Waals surface area contributed by atoms with E-state index in [1.165, 1.54) is 0 Å². The van der Waals surface area contributed by atoms with Crippen LogP contribution in [0.15, 0.2) is 24.3 Å². The van der Waals surface area contributed by atoms with Gasteiger partial charge in [-0.05, 0) is 37.1 Å². The Morgan fingerprint density at radius 1 is 0.714 bits per heavy atom. The second kappa shape index (κ2) is 12.1. The van der Waals surface area contributed by atoms with Gasteiger partial charge in [0.15, 0.2) is 5.65 Å². The number of unbranched alkanes of at least 4 members (excludes halogenated alkanes) is 6. The molecule has 0 saturated carbocycles. The van der Waals surface area contributed by atoms with Crippen LogP contribution in [0.1, 0.15) is 78.1 Å². The molecule has 0 aliphatic carbocycles. The highest BCUT2D eigenvalue weighted by atomic mass is 16.2. The molecule has 28 heavy (non-hydrogen) atoms. The van der Waals surface area contributed by atoms with E-state index in [1.54, 1.807) is 12.1 Å². The zero-order chi connectivity index (χ0) is 20.2. The van der Waals surface area contributed by atoms with E-state index in [1.807, 2.05) is 12.1 Å². The van der Waals surface area contributed by atoms with Crippen LogP contribution in [0.5, 0.6) is 0 Å². The first kappa shape index (κ1) is 21.8. The largest absolute Gasteiger partial charge is 0.311 e. The summed E-state index contributed by atoms with van der Waals surface area (Å²) in [6.07, 6.45) is 9.52. The molecule has 0 radical (unpaired) electrons. The highest BCUT2D eigenvalue weighted by Crippen LogP contribution is 2.17. The van der Waals surface area contributed by atoms with E-state index in [0.717, 1.165) is 56.8 Å². The van der Waals surface area contributed by atoms with Crippen LogP contribution in [0.4, 0.5) is 11.6 Å². The number of aromatic nitrogens is 2. The van der Waals surface area contributed by atoms with Crippen LogP contribution >= 0.6 is 0 Å². The predicted molar refractivity (Wildman–Crippen MR) is 114 cm³/mol. The third-order valence-electron chi connectivity index (χ3n) is 4.60. The minimum absolute atomic E-state index is 0.0283. The van der Waals surface area contributed by atoms with Crippen molar-refractivity contribution in [2.45, 2.75) is 78.1 Å². The Balaban J connectivity index is 1.92. The zero-order valence-corrected chi connectivity index (χ0v) is 17.1. The van der Waals surface area contributed by atoms with Crippen molar-refractivity contribution >= 4 is 34.5 Å².